The zero-order chi connectivity index (χ0) is 20.3. The molecule has 0 aromatic carbocycles. The van der Waals surface area contributed by atoms with Gasteiger partial charge >= 0.3 is 5.97 Å². The highest BCUT2D eigenvalue weighted by atomic mass is 16.5. The van der Waals surface area contributed by atoms with Gasteiger partial charge in [0.1, 0.15) is 5.78 Å². The molecule has 28 heavy (non-hydrogen) atoms. The second kappa shape index (κ2) is 6.70. The zero-order valence-corrected chi connectivity index (χ0v) is 17.6. The van der Waals surface area contributed by atoms with E-state index >= 15 is 0 Å². The molecule has 7 atom stereocenters. The summed E-state index contributed by atoms with van der Waals surface area (Å²) in [7, 11) is 1.93. The molecule has 3 fully saturated rings. The van der Waals surface area contributed by atoms with Gasteiger partial charge in [-0.05, 0) is 62.9 Å². The van der Waals surface area contributed by atoms with Crippen molar-refractivity contribution in [3.63, 3.8) is 0 Å². The van der Waals surface area contributed by atoms with E-state index in [0.29, 0.717) is 24.4 Å². The molecular formula is C23H33NO4. The quantitative estimate of drug-likeness (QED) is 0.697. The first kappa shape index (κ1) is 19.7. The van der Waals surface area contributed by atoms with Gasteiger partial charge in [0.05, 0.1) is 13.0 Å². The summed E-state index contributed by atoms with van der Waals surface area (Å²) >= 11 is 0. The number of amides is 1. The van der Waals surface area contributed by atoms with Crippen LogP contribution < -0.4 is 0 Å². The molecule has 1 amide bonds. The van der Waals surface area contributed by atoms with Gasteiger partial charge < -0.3 is 9.64 Å². The van der Waals surface area contributed by atoms with Crippen LogP contribution in [0.5, 0.6) is 0 Å². The normalized spacial score (nSPS) is 44.7. The van der Waals surface area contributed by atoms with Crippen LogP contribution in [0.1, 0.15) is 59.3 Å². The van der Waals surface area contributed by atoms with Crippen molar-refractivity contribution in [1.29, 1.82) is 0 Å². The fourth-order valence-electron chi connectivity index (χ4n) is 7.28. The van der Waals surface area contributed by atoms with Crippen LogP contribution in [0.25, 0.3) is 0 Å². The number of ether oxygens (including phenoxy) is 1. The third-order valence-corrected chi connectivity index (χ3v) is 8.71. The molecule has 154 valence electrons. The van der Waals surface area contributed by atoms with Gasteiger partial charge in [0.15, 0.2) is 0 Å². The minimum Gasteiger partial charge on any atom is -0.466 e. The Morgan fingerprint density at radius 3 is 2.68 bits per heavy atom. The first-order valence-electron chi connectivity index (χ1n) is 10.9. The van der Waals surface area contributed by atoms with E-state index in [1.165, 1.54) is 0 Å². The number of ketones is 1. The summed E-state index contributed by atoms with van der Waals surface area (Å²) in [4.78, 5) is 39.4. The lowest BCUT2D eigenvalue weighted by Crippen LogP contribution is -2.59. The van der Waals surface area contributed by atoms with Crippen LogP contribution in [0.15, 0.2) is 12.2 Å². The summed E-state index contributed by atoms with van der Waals surface area (Å²) < 4.78 is 5.12. The molecule has 5 nitrogen and oxygen atoms in total. The average molecular weight is 388 g/mol. The third kappa shape index (κ3) is 2.68. The van der Waals surface area contributed by atoms with Gasteiger partial charge in [-0.25, -0.2) is 0 Å². The first-order chi connectivity index (χ1) is 13.2. The fourth-order valence-corrected chi connectivity index (χ4v) is 7.28. The van der Waals surface area contributed by atoms with Gasteiger partial charge in [-0.1, -0.05) is 19.9 Å². The Bertz CT molecular complexity index is 730. The van der Waals surface area contributed by atoms with Crippen molar-refractivity contribution in [3.05, 3.63) is 12.2 Å². The number of carbonyl (C=O) groups is 3. The molecule has 4 rings (SSSR count). The summed E-state index contributed by atoms with van der Waals surface area (Å²) in [5.41, 5.74) is -0.323. The summed E-state index contributed by atoms with van der Waals surface area (Å²) in [6, 6.07) is 0.253. The van der Waals surface area contributed by atoms with Crippen molar-refractivity contribution in [3.8, 4) is 0 Å². The van der Waals surface area contributed by atoms with Crippen LogP contribution in [0.3, 0.4) is 0 Å². The van der Waals surface area contributed by atoms with Crippen LogP contribution in [0.2, 0.25) is 0 Å². The Kier molecular flexibility index (Phi) is 4.71. The number of likely N-dealkylation sites (N-methyl/N-ethyl adjacent to an activating group) is 1. The number of carbonyl (C=O) groups excluding carboxylic acids is 3. The van der Waals surface area contributed by atoms with E-state index in [9.17, 15) is 14.4 Å². The zero-order valence-electron chi connectivity index (χ0n) is 17.6. The molecular weight excluding hydrogens is 354 g/mol. The van der Waals surface area contributed by atoms with E-state index in [1.807, 2.05) is 11.9 Å². The number of nitrogens with zero attached hydrogens (tertiary/aromatic N) is 1. The molecule has 0 saturated heterocycles. The van der Waals surface area contributed by atoms with E-state index in [2.05, 4.69) is 19.9 Å². The van der Waals surface area contributed by atoms with Crippen LogP contribution in [-0.2, 0) is 19.1 Å². The number of esters is 1. The predicted octanol–water partition coefficient (Wildman–Crippen LogP) is 3.37. The Balaban J connectivity index is 1.60. The standard InChI is InChI=1S/C23H33NO4/c1-5-28-20(26)13-14-12-17-15-6-7-18-22(2,11-9-19(25)24(18)4)16(15)8-10-23(17,3)21(14)27/h9,11,14-18H,5-8,10,12-13H2,1-4H3/t14?,15-,16-,17+,18?,22-,23+/m1/s1. The summed E-state index contributed by atoms with van der Waals surface area (Å²) in [6.07, 6.45) is 8.92. The SMILES string of the molecule is CCOC(=O)CC1C[C@H]2[C@@H]3CCC4N(C)C(=O)C=C[C@]4(C)[C@@H]3CC[C@]2(C)C1=O. The summed E-state index contributed by atoms with van der Waals surface area (Å²) in [5, 5.41) is 0. The second-order valence-electron chi connectivity index (χ2n) is 9.88. The van der Waals surface area contributed by atoms with Crippen LogP contribution in [-0.4, -0.2) is 42.3 Å². The largest absolute Gasteiger partial charge is 0.466 e. The molecule has 3 saturated carbocycles. The van der Waals surface area contributed by atoms with Crippen molar-refractivity contribution < 1.29 is 19.1 Å². The number of fused-ring (bicyclic) bond motifs is 5. The lowest BCUT2D eigenvalue weighted by atomic mass is 9.48. The van der Waals surface area contributed by atoms with Gasteiger partial charge in [0.2, 0.25) is 5.91 Å². The Labute approximate surface area is 167 Å². The number of Topliss-reactive ketones (excluding diaryl/α,β-unsaturated/α-hetero) is 1. The second-order valence-corrected chi connectivity index (χ2v) is 9.88. The lowest BCUT2D eigenvalue weighted by molar-refractivity contribution is -0.147. The maximum Gasteiger partial charge on any atom is 0.306 e. The minimum atomic E-state index is -0.304. The van der Waals surface area contributed by atoms with Crippen LogP contribution in [0.4, 0.5) is 0 Å². The van der Waals surface area contributed by atoms with E-state index in [0.717, 1.165) is 32.1 Å². The molecule has 1 heterocycles. The Morgan fingerprint density at radius 1 is 1.21 bits per heavy atom. The third-order valence-electron chi connectivity index (χ3n) is 8.71. The molecule has 2 unspecified atom stereocenters. The van der Waals surface area contributed by atoms with E-state index < -0.39 is 0 Å². The molecule has 3 aliphatic carbocycles. The molecule has 0 aromatic rings. The fraction of sp³-hybridized carbons (Fsp3) is 0.783. The van der Waals surface area contributed by atoms with Crippen molar-refractivity contribution >= 4 is 17.7 Å². The van der Waals surface area contributed by atoms with Crippen molar-refractivity contribution in [2.75, 3.05) is 13.7 Å². The summed E-state index contributed by atoms with van der Waals surface area (Å²) in [6.45, 7) is 6.62. The minimum absolute atomic E-state index is 0.0187. The van der Waals surface area contributed by atoms with Gasteiger partial charge in [-0.2, -0.15) is 0 Å². The van der Waals surface area contributed by atoms with E-state index in [-0.39, 0.29) is 46.9 Å². The van der Waals surface area contributed by atoms with Gasteiger partial charge in [0.25, 0.3) is 0 Å². The Hall–Kier alpha value is -1.65. The van der Waals surface area contributed by atoms with Crippen LogP contribution in [0, 0.1) is 34.5 Å². The van der Waals surface area contributed by atoms with Gasteiger partial charge in [0, 0.05) is 29.8 Å². The molecule has 1 aliphatic heterocycles. The van der Waals surface area contributed by atoms with Gasteiger partial charge in [-0.15, -0.1) is 0 Å². The van der Waals surface area contributed by atoms with Crippen molar-refractivity contribution in [1.82, 2.24) is 4.90 Å². The van der Waals surface area contributed by atoms with Crippen molar-refractivity contribution in [2.45, 2.75) is 65.3 Å². The molecule has 4 aliphatic rings. The molecule has 0 bridgehead atoms. The molecule has 0 spiro atoms. The first-order valence-corrected chi connectivity index (χ1v) is 10.9. The Morgan fingerprint density at radius 2 is 1.96 bits per heavy atom. The monoisotopic (exact) mass is 387 g/mol. The average Bonchev–Trinajstić information content (AvgIpc) is 2.90. The molecule has 0 aromatic heterocycles. The van der Waals surface area contributed by atoms with Crippen LogP contribution >= 0.6 is 0 Å². The highest BCUT2D eigenvalue weighted by Gasteiger charge is 2.62. The lowest BCUT2D eigenvalue weighted by Gasteiger charge is -2.59. The van der Waals surface area contributed by atoms with E-state index in [1.54, 1.807) is 13.0 Å². The smallest absolute Gasteiger partial charge is 0.306 e. The predicted molar refractivity (Wildman–Crippen MR) is 105 cm³/mol. The number of hydrogen-bond acceptors (Lipinski definition) is 4. The maximum atomic E-state index is 13.3. The number of rotatable bonds is 3. The van der Waals surface area contributed by atoms with Crippen molar-refractivity contribution in [2.24, 2.45) is 34.5 Å². The molecule has 0 radical (unpaired) electrons. The number of hydrogen-bond donors (Lipinski definition) is 0. The topological polar surface area (TPSA) is 63.7 Å². The molecule has 5 heteroatoms. The highest BCUT2D eigenvalue weighted by Crippen LogP contribution is 2.64. The molecule has 0 N–H and O–H groups in total. The van der Waals surface area contributed by atoms with E-state index in [4.69, 9.17) is 4.74 Å². The maximum absolute atomic E-state index is 13.3. The highest BCUT2D eigenvalue weighted by molar-refractivity contribution is 5.92. The summed E-state index contributed by atoms with van der Waals surface area (Å²) in [5.74, 6) is 1.27. The van der Waals surface area contributed by atoms with Gasteiger partial charge in [-0.3, -0.25) is 14.4 Å².